The summed E-state index contributed by atoms with van der Waals surface area (Å²) in [5, 5.41) is 10.9. The summed E-state index contributed by atoms with van der Waals surface area (Å²) in [7, 11) is 0. The molecule has 0 radical (unpaired) electrons. The summed E-state index contributed by atoms with van der Waals surface area (Å²) in [5.41, 5.74) is 3.16. The third-order valence-electron chi connectivity index (χ3n) is 2.66. The third-order valence-corrected chi connectivity index (χ3v) is 3.75. The molecule has 2 aromatic rings. The van der Waals surface area contributed by atoms with Gasteiger partial charge in [-0.1, -0.05) is 12.1 Å². The first kappa shape index (κ1) is 14.9. The molecule has 1 aromatic heterocycles. The topological polar surface area (TPSA) is 111 Å². The predicted octanol–water partition coefficient (Wildman–Crippen LogP) is 1.89. The third kappa shape index (κ3) is 3.77. The van der Waals surface area contributed by atoms with Crippen LogP contribution < -0.4 is 11.3 Å². The van der Waals surface area contributed by atoms with E-state index in [0.29, 0.717) is 21.9 Å². The Hall–Kier alpha value is -2.45. The smallest absolute Gasteiger partial charge is 0.282 e. The Labute approximate surface area is 124 Å². The number of pyridine rings is 1. The molecular formula is C13H12N4O3S. The number of hydrogen-bond donors (Lipinski definition) is 2. The second-order valence-corrected chi connectivity index (χ2v) is 5.04. The van der Waals surface area contributed by atoms with Gasteiger partial charge in [0.05, 0.1) is 21.1 Å². The van der Waals surface area contributed by atoms with E-state index in [1.165, 1.54) is 24.0 Å². The molecule has 1 amide bonds. The fourth-order valence-electron chi connectivity index (χ4n) is 1.61. The van der Waals surface area contributed by atoms with Crippen LogP contribution in [0.3, 0.4) is 0 Å². The summed E-state index contributed by atoms with van der Waals surface area (Å²) < 4.78 is 0. The number of amides is 1. The van der Waals surface area contributed by atoms with E-state index in [9.17, 15) is 14.9 Å². The highest BCUT2D eigenvalue weighted by molar-refractivity contribution is 7.98. The molecule has 21 heavy (non-hydrogen) atoms. The van der Waals surface area contributed by atoms with Gasteiger partial charge in [0.25, 0.3) is 11.6 Å². The van der Waals surface area contributed by atoms with Gasteiger partial charge in [0, 0.05) is 18.0 Å². The zero-order chi connectivity index (χ0) is 15.2. The molecule has 3 N–H and O–H groups in total. The second-order valence-electron chi connectivity index (χ2n) is 4.03. The minimum Gasteiger partial charge on any atom is -0.290 e. The maximum absolute atomic E-state index is 11.3. The maximum atomic E-state index is 11.3. The van der Waals surface area contributed by atoms with Crippen molar-refractivity contribution in [3.8, 4) is 0 Å². The largest absolute Gasteiger partial charge is 0.290 e. The lowest BCUT2D eigenvalue weighted by atomic mass is 10.2. The first-order valence-corrected chi connectivity index (χ1v) is 6.92. The van der Waals surface area contributed by atoms with Crippen molar-refractivity contribution in [2.75, 3.05) is 0 Å². The number of hydrogen-bond acceptors (Lipinski definition) is 6. The predicted molar refractivity (Wildman–Crippen MR) is 78.5 cm³/mol. The Balaban J connectivity index is 2.07. The van der Waals surface area contributed by atoms with Crippen LogP contribution in [0.15, 0.2) is 47.5 Å². The van der Waals surface area contributed by atoms with Crippen LogP contribution in [0.2, 0.25) is 0 Å². The lowest BCUT2D eigenvalue weighted by Gasteiger charge is -2.04. The monoisotopic (exact) mass is 304 g/mol. The molecule has 2 rings (SSSR count). The van der Waals surface area contributed by atoms with E-state index in [1.807, 2.05) is 5.43 Å². The van der Waals surface area contributed by atoms with E-state index in [0.717, 1.165) is 0 Å². The van der Waals surface area contributed by atoms with E-state index in [-0.39, 0.29) is 5.69 Å². The summed E-state index contributed by atoms with van der Waals surface area (Å²) in [6.07, 6.45) is 1.41. The van der Waals surface area contributed by atoms with Crippen LogP contribution in [-0.2, 0) is 5.75 Å². The number of carbonyl (C=O) groups excluding carboxylic acids is 1. The van der Waals surface area contributed by atoms with Crippen LogP contribution in [0.25, 0.3) is 0 Å². The molecule has 0 fully saturated rings. The second kappa shape index (κ2) is 6.82. The molecule has 0 unspecified atom stereocenters. The molecule has 0 aliphatic carbocycles. The molecule has 0 spiro atoms. The minimum atomic E-state index is -0.416. The Morgan fingerprint density at radius 3 is 2.71 bits per heavy atom. The number of aromatic nitrogens is 1. The van der Waals surface area contributed by atoms with E-state index < -0.39 is 10.8 Å². The lowest BCUT2D eigenvalue weighted by Crippen LogP contribution is -2.30. The van der Waals surface area contributed by atoms with Gasteiger partial charge < -0.3 is 0 Å². The molecule has 0 saturated carbocycles. The van der Waals surface area contributed by atoms with Gasteiger partial charge in [-0.05, 0) is 18.2 Å². The summed E-state index contributed by atoms with van der Waals surface area (Å²) in [5.74, 6) is 5.08. The van der Waals surface area contributed by atoms with Crippen molar-refractivity contribution in [3.63, 3.8) is 0 Å². The normalized spacial score (nSPS) is 10.1. The number of thioether (sulfide) groups is 1. The molecule has 1 aromatic carbocycles. The van der Waals surface area contributed by atoms with Crippen molar-refractivity contribution < 1.29 is 9.72 Å². The number of nitrogens with two attached hydrogens (primary N) is 1. The van der Waals surface area contributed by atoms with E-state index in [1.54, 1.807) is 30.3 Å². The van der Waals surface area contributed by atoms with Crippen LogP contribution in [0.4, 0.5) is 5.69 Å². The molecule has 0 bridgehead atoms. The number of hydrazine groups is 1. The SMILES string of the molecule is NNC(=O)c1ccc(CSc2ccccc2[N+](=O)[O-])nc1. The zero-order valence-corrected chi connectivity index (χ0v) is 11.7. The number of nitrogen functional groups attached to an aromatic ring is 1. The molecule has 8 heteroatoms. The summed E-state index contributed by atoms with van der Waals surface area (Å²) >= 11 is 1.32. The molecule has 0 aliphatic heterocycles. The van der Waals surface area contributed by atoms with Crippen LogP contribution in [0, 0.1) is 10.1 Å². The van der Waals surface area contributed by atoms with Gasteiger partial charge in [-0.15, -0.1) is 11.8 Å². The Bertz CT molecular complexity index is 661. The number of nitro groups is 1. The van der Waals surface area contributed by atoms with Crippen molar-refractivity contribution in [2.45, 2.75) is 10.6 Å². The van der Waals surface area contributed by atoms with Gasteiger partial charge in [-0.25, -0.2) is 5.84 Å². The molecule has 0 atom stereocenters. The van der Waals surface area contributed by atoms with Crippen LogP contribution >= 0.6 is 11.8 Å². The number of rotatable bonds is 5. The first-order chi connectivity index (χ1) is 10.1. The van der Waals surface area contributed by atoms with Gasteiger partial charge in [0.1, 0.15) is 0 Å². The molecule has 1 heterocycles. The highest BCUT2D eigenvalue weighted by Gasteiger charge is 2.13. The Kier molecular flexibility index (Phi) is 4.85. The van der Waals surface area contributed by atoms with Crippen LogP contribution in [0.5, 0.6) is 0 Å². The quantitative estimate of drug-likeness (QED) is 0.287. The molecule has 108 valence electrons. The number of carbonyl (C=O) groups is 1. The summed E-state index contributed by atoms with van der Waals surface area (Å²) in [6, 6.07) is 9.82. The van der Waals surface area contributed by atoms with Crippen molar-refractivity contribution in [3.05, 3.63) is 64.0 Å². The highest BCUT2D eigenvalue weighted by Crippen LogP contribution is 2.30. The fraction of sp³-hybridized carbons (Fsp3) is 0.0769. The van der Waals surface area contributed by atoms with Crippen LogP contribution in [-0.4, -0.2) is 15.8 Å². The molecule has 0 saturated heterocycles. The van der Waals surface area contributed by atoms with Crippen molar-refractivity contribution >= 4 is 23.4 Å². The average Bonchev–Trinajstić information content (AvgIpc) is 2.52. The molecule has 0 aliphatic rings. The standard InChI is InChI=1S/C13H12N4O3S/c14-16-13(18)9-5-6-10(15-7-9)8-21-12-4-2-1-3-11(12)17(19)20/h1-7H,8,14H2,(H,16,18). The van der Waals surface area contributed by atoms with Gasteiger partial charge in [0.15, 0.2) is 0 Å². The molecular weight excluding hydrogens is 292 g/mol. The van der Waals surface area contributed by atoms with Crippen molar-refractivity contribution in [1.82, 2.24) is 10.4 Å². The summed E-state index contributed by atoms with van der Waals surface area (Å²) in [4.78, 5) is 26.5. The average molecular weight is 304 g/mol. The number of nitrogens with one attached hydrogen (secondary N) is 1. The number of para-hydroxylation sites is 1. The molecule has 7 nitrogen and oxygen atoms in total. The van der Waals surface area contributed by atoms with Gasteiger partial charge in [-0.2, -0.15) is 0 Å². The number of nitro benzene ring substituents is 1. The highest BCUT2D eigenvalue weighted by atomic mass is 32.2. The number of benzene rings is 1. The van der Waals surface area contributed by atoms with E-state index >= 15 is 0 Å². The number of nitrogens with zero attached hydrogens (tertiary/aromatic N) is 2. The minimum absolute atomic E-state index is 0.0710. The lowest BCUT2D eigenvalue weighted by molar-refractivity contribution is -0.387. The fourth-order valence-corrected chi connectivity index (χ4v) is 2.55. The van der Waals surface area contributed by atoms with Gasteiger partial charge in [-0.3, -0.25) is 25.3 Å². The van der Waals surface area contributed by atoms with Crippen molar-refractivity contribution in [2.24, 2.45) is 5.84 Å². The maximum Gasteiger partial charge on any atom is 0.282 e. The van der Waals surface area contributed by atoms with E-state index in [4.69, 9.17) is 5.84 Å². The zero-order valence-electron chi connectivity index (χ0n) is 10.9. The van der Waals surface area contributed by atoms with Gasteiger partial charge in [0.2, 0.25) is 0 Å². The van der Waals surface area contributed by atoms with Crippen molar-refractivity contribution in [1.29, 1.82) is 0 Å². The first-order valence-electron chi connectivity index (χ1n) is 5.94. The van der Waals surface area contributed by atoms with Crippen LogP contribution in [0.1, 0.15) is 16.1 Å². The summed E-state index contributed by atoms with van der Waals surface area (Å²) in [6.45, 7) is 0. The Morgan fingerprint density at radius 2 is 2.10 bits per heavy atom. The van der Waals surface area contributed by atoms with Gasteiger partial charge >= 0.3 is 0 Å². The Morgan fingerprint density at radius 1 is 1.33 bits per heavy atom. The van der Waals surface area contributed by atoms with E-state index in [2.05, 4.69) is 4.98 Å².